The number of carbonyl (C=O) groups excluding carboxylic acids is 1. The molecule has 124 valence electrons. The van der Waals surface area contributed by atoms with E-state index in [1.807, 2.05) is 36.4 Å². The number of quaternary nitrogens is 1. The van der Waals surface area contributed by atoms with Crippen molar-refractivity contribution >= 4 is 12.0 Å². The zero-order valence-corrected chi connectivity index (χ0v) is 14.5. The summed E-state index contributed by atoms with van der Waals surface area (Å²) in [6, 6.07) is 9.81. The molecule has 1 N–H and O–H groups in total. The number of methoxy groups -OCH3 is 1. The summed E-state index contributed by atoms with van der Waals surface area (Å²) >= 11 is 0. The molecular weight excluding hydrogens is 300 g/mol. The summed E-state index contributed by atoms with van der Waals surface area (Å²) in [5.41, 5.74) is 1.03. The number of nitrogens with one attached hydrogen (secondary N) is 1. The lowest BCUT2D eigenvalue weighted by Crippen LogP contribution is -3.00. The van der Waals surface area contributed by atoms with Crippen LogP contribution in [0.2, 0.25) is 0 Å². The van der Waals surface area contributed by atoms with E-state index in [9.17, 15) is 4.79 Å². The SMILES string of the molecule is CC[N+](C)(CCCNC(=O)C=Cc1ccccc1)COC.[Cl-]. The quantitative estimate of drug-likeness (QED) is 0.281. The Morgan fingerprint density at radius 2 is 2.00 bits per heavy atom. The van der Waals surface area contributed by atoms with Crippen molar-refractivity contribution in [3.63, 3.8) is 0 Å². The molecule has 0 aliphatic rings. The van der Waals surface area contributed by atoms with Gasteiger partial charge in [0.25, 0.3) is 0 Å². The molecule has 1 amide bonds. The van der Waals surface area contributed by atoms with Crippen LogP contribution in [0.5, 0.6) is 0 Å². The number of hydrogen-bond acceptors (Lipinski definition) is 2. The Kier molecular flexibility index (Phi) is 10.5. The zero-order chi connectivity index (χ0) is 15.6. The highest BCUT2D eigenvalue weighted by atomic mass is 35.5. The molecule has 0 heterocycles. The maximum absolute atomic E-state index is 11.7. The van der Waals surface area contributed by atoms with Crippen molar-refractivity contribution in [1.82, 2.24) is 5.32 Å². The second kappa shape index (κ2) is 11.2. The summed E-state index contributed by atoms with van der Waals surface area (Å²) in [7, 11) is 3.89. The number of halogens is 1. The van der Waals surface area contributed by atoms with Crippen LogP contribution in [-0.2, 0) is 9.53 Å². The topological polar surface area (TPSA) is 38.3 Å². The van der Waals surface area contributed by atoms with Gasteiger partial charge in [0.2, 0.25) is 5.91 Å². The smallest absolute Gasteiger partial charge is 0.244 e. The molecule has 0 aliphatic carbocycles. The Hall–Kier alpha value is -1.36. The van der Waals surface area contributed by atoms with E-state index in [0.29, 0.717) is 13.3 Å². The van der Waals surface area contributed by atoms with Gasteiger partial charge in [-0.15, -0.1) is 0 Å². The van der Waals surface area contributed by atoms with E-state index < -0.39 is 0 Å². The van der Waals surface area contributed by atoms with Crippen molar-refractivity contribution in [2.75, 3.05) is 40.5 Å². The minimum absolute atomic E-state index is 0. The summed E-state index contributed by atoms with van der Waals surface area (Å²) in [5, 5.41) is 2.92. The monoisotopic (exact) mass is 326 g/mol. The highest BCUT2D eigenvalue weighted by molar-refractivity contribution is 5.91. The summed E-state index contributed by atoms with van der Waals surface area (Å²) in [6.45, 7) is 5.57. The van der Waals surface area contributed by atoms with E-state index in [-0.39, 0.29) is 18.3 Å². The molecule has 0 aromatic heterocycles. The summed E-state index contributed by atoms with van der Waals surface area (Å²) in [5.74, 6) is -0.0451. The molecule has 1 rings (SSSR count). The minimum atomic E-state index is -0.0451. The average molecular weight is 327 g/mol. The molecule has 1 atom stereocenters. The standard InChI is InChI=1S/C17H26N2O2.ClH/c1-4-19(2,15-21-3)14-8-13-18-17(20)12-11-16-9-6-5-7-10-16;/h5-7,9-12H,4,8,13-15H2,1-3H3;1H. The van der Waals surface area contributed by atoms with Crippen LogP contribution in [0.25, 0.3) is 6.08 Å². The molecule has 0 saturated carbocycles. The lowest BCUT2D eigenvalue weighted by Gasteiger charge is -2.32. The Morgan fingerprint density at radius 1 is 1.32 bits per heavy atom. The Morgan fingerprint density at radius 3 is 2.59 bits per heavy atom. The number of amides is 1. The molecule has 0 spiro atoms. The lowest BCUT2D eigenvalue weighted by molar-refractivity contribution is -0.925. The number of benzene rings is 1. The molecule has 1 aromatic rings. The molecule has 0 fully saturated rings. The summed E-state index contributed by atoms with van der Waals surface area (Å²) in [6.07, 6.45) is 4.35. The normalized spacial score (nSPS) is 13.4. The van der Waals surface area contributed by atoms with Gasteiger partial charge in [0, 0.05) is 26.2 Å². The van der Waals surface area contributed by atoms with E-state index in [0.717, 1.165) is 29.6 Å². The molecule has 22 heavy (non-hydrogen) atoms. The number of rotatable bonds is 9. The van der Waals surface area contributed by atoms with Crippen molar-refractivity contribution in [1.29, 1.82) is 0 Å². The van der Waals surface area contributed by atoms with Crippen LogP contribution in [0.1, 0.15) is 18.9 Å². The van der Waals surface area contributed by atoms with Gasteiger partial charge in [-0.2, -0.15) is 0 Å². The molecule has 1 unspecified atom stereocenters. The van der Waals surface area contributed by atoms with E-state index in [4.69, 9.17) is 4.74 Å². The molecule has 4 nitrogen and oxygen atoms in total. The fourth-order valence-corrected chi connectivity index (χ4v) is 2.09. The molecular formula is C17H27ClN2O2. The first-order valence-electron chi connectivity index (χ1n) is 7.43. The summed E-state index contributed by atoms with van der Waals surface area (Å²) < 4.78 is 6.10. The van der Waals surface area contributed by atoms with Crippen LogP contribution in [-0.4, -0.2) is 50.9 Å². The van der Waals surface area contributed by atoms with E-state index >= 15 is 0 Å². The van der Waals surface area contributed by atoms with Crippen molar-refractivity contribution in [2.24, 2.45) is 0 Å². The van der Waals surface area contributed by atoms with Gasteiger partial charge in [0.1, 0.15) is 0 Å². The first-order valence-corrected chi connectivity index (χ1v) is 7.43. The zero-order valence-electron chi connectivity index (χ0n) is 13.7. The van der Waals surface area contributed by atoms with Gasteiger partial charge in [-0.3, -0.25) is 4.79 Å². The number of carbonyl (C=O) groups is 1. The molecule has 1 aromatic carbocycles. The van der Waals surface area contributed by atoms with Crippen LogP contribution in [0.3, 0.4) is 0 Å². The van der Waals surface area contributed by atoms with Crippen LogP contribution >= 0.6 is 0 Å². The van der Waals surface area contributed by atoms with Crippen LogP contribution < -0.4 is 17.7 Å². The molecule has 0 saturated heterocycles. The highest BCUT2D eigenvalue weighted by Crippen LogP contribution is 2.03. The van der Waals surface area contributed by atoms with Gasteiger partial charge in [-0.25, -0.2) is 0 Å². The fourth-order valence-electron chi connectivity index (χ4n) is 2.09. The van der Waals surface area contributed by atoms with Gasteiger partial charge in [0.05, 0.1) is 20.1 Å². The van der Waals surface area contributed by atoms with Gasteiger partial charge >= 0.3 is 0 Å². The first-order chi connectivity index (χ1) is 10.1. The number of hydrogen-bond donors (Lipinski definition) is 1. The summed E-state index contributed by atoms with van der Waals surface area (Å²) in [4.78, 5) is 11.7. The lowest BCUT2D eigenvalue weighted by atomic mass is 10.2. The largest absolute Gasteiger partial charge is 1.00 e. The number of ether oxygens (including phenoxy) is 1. The van der Waals surface area contributed by atoms with Crippen molar-refractivity contribution in [3.8, 4) is 0 Å². The molecule has 0 radical (unpaired) electrons. The van der Waals surface area contributed by atoms with Crippen LogP contribution in [0, 0.1) is 0 Å². The highest BCUT2D eigenvalue weighted by Gasteiger charge is 2.17. The van der Waals surface area contributed by atoms with E-state index in [1.165, 1.54) is 0 Å². The van der Waals surface area contributed by atoms with Gasteiger partial charge in [-0.05, 0) is 18.6 Å². The maximum Gasteiger partial charge on any atom is 0.244 e. The predicted molar refractivity (Wildman–Crippen MR) is 86.6 cm³/mol. The third kappa shape index (κ3) is 8.17. The first kappa shape index (κ1) is 20.6. The van der Waals surface area contributed by atoms with Crippen molar-refractivity contribution in [2.45, 2.75) is 13.3 Å². The van der Waals surface area contributed by atoms with Crippen molar-refractivity contribution in [3.05, 3.63) is 42.0 Å². The third-order valence-corrected chi connectivity index (χ3v) is 3.60. The van der Waals surface area contributed by atoms with Crippen molar-refractivity contribution < 1.29 is 26.4 Å². The molecule has 0 bridgehead atoms. The Balaban J connectivity index is 0.00000441. The van der Waals surface area contributed by atoms with Gasteiger partial charge < -0.3 is 26.9 Å². The number of nitrogens with zero attached hydrogens (tertiary/aromatic N) is 1. The second-order valence-electron chi connectivity index (χ2n) is 5.47. The second-order valence-corrected chi connectivity index (χ2v) is 5.47. The average Bonchev–Trinajstić information content (AvgIpc) is 2.51. The van der Waals surface area contributed by atoms with Gasteiger partial charge in [-0.1, -0.05) is 30.3 Å². The Labute approximate surface area is 140 Å². The third-order valence-electron chi connectivity index (χ3n) is 3.60. The Bertz CT molecular complexity index is 451. The molecule has 5 heteroatoms. The van der Waals surface area contributed by atoms with E-state index in [1.54, 1.807) is 13.2 Å². The van der Waals surface area contributed by atoms with Crippen LogP contribution in [0.15, 0.2) is 36.4 Å². The van der Waals surface area contributed by atoms with Gasteiger partial charge in [0.15, 0.2) is 6.73 Å². The molecule has 0 aliphatic heterocycles. The predicted octanol–water partition coefficient (Wildman–Crippen LogP) is -0.719. The minimum Gasteiger partial charge on any atom is -1.00 e. The fraction of sp³-hybridized carbons (Fsp3) is 0.471. The maximum atomic E-state index is 11.7. The van der Waals surface area contributed by atoms with E-state index in [2.05, 4.69) is 19.3 Å². The van der Waals surface area contributed by atoms with Crippen LogP contribution in [0.4, 0.5) is 0 Å².